The van der Waals surface area contributed by atoms with E-state index in [0.717, 1.165) is 6.07 Å². The zero-order valence-corrected chi connectivity index (χ0v) is 13.0. The first kappa shape index (κ1) is 18.4. The number of aromatic nitrogens is 1. The number of halogens is 3. The molecule has 0 saturated carbocycles. The molecule has 124 valence electrons. The predicted molar refractivity (Wildman–Crippen MR) is 71.7 cm³/mol. The minimum atomic E-state index is -4.62. The van der Waals surface area contributed by atoms with Crippen LogP contribution < -0.4 is 0 Å². The standard InChI is InChI=1S/C13H16F3NO4S/c1-4-21-12(18)11(8(2)3)22(19,20)10-6-5-9(7-17-10)13(14,15)16/h5-8,11H,4H2,1-3H3. The number of hydrogen-bond acceptors (Lipinski definition) is 5. The van der Waals surface area contributed by atoms with Gasteiger partial charge in [-0.25, -0.2) is 13.4 Å². The Bertz CT molecular complexity index is 624. The second-order valence-electron chi connectivity index (χ2n) is 4.84. The Morgan fingerprint density at radius 3 is 2.27 bits per heavy atom. The van der Waals surface area contributed by atoms with Gasteiger partial charge in [0.25, 0.3) is 0 Å². The summed E-state index contributed by atoms with van der Waals surface area (Å²) in [7, 11) is -4.24. The Labute approximate surface area is 126 Å². The van der Waals surface area contributed by atoms with Gasteiger partial charge in [-0.05, 0) is 25.0 Å². The number of nitrogens with zero attached hydrogens (tertiary/aromatic N) is 1. The molecule has 0 radical (unpaired) electrons. The minimum absolute atomic E-state index is 0.00197. The average Bonchev–Trinajstić information content (AvgIpc) is 2.37. The van der Waals surface area contributed by atoms with Crippen molar-refractivity contribution in [3.8, 4) is 0 Å². The second-order valence-corrected chi connectivity index (χ2v) is 6.86. The van der Waals surface area contributed by atoms with Gasteiger partial charge in [-0.3, -0.25) is 4.79 Å². The Morgan fingerprint density at radius 2 is 1.91 bits per heavy atom. The number of alkyl halides is 3. The molecule has 1 aromatic rings. The van der Waals surface area contributed by atoms with Gasteiger partial charge in [-0.15, -0.1) is 0 Å². The molecule has 0 N–H and O–H groups in total. The molecular weight excluding hydrogens is 323 g/mol. The molecule has 0 aromatic carbocycles. The van der Waals surface area contributed by atoms with Crippen molar-refractivity contribution >= 4 is 15.8 Å². The van der Waals surface area contributed by atoms with Crippen LogP contribution in [0.25, 0.3) is 0 Å². The summed E-state index contributed by atoms with van der Waals surface area (Å²) in [6.45, 7) is 4.53. The lowest BCUT2D eigenvalue weighted by Gasteiger charge is -2.19. The average molecular weight is 339 g/mol. The van der Waals surface area contributed by atoms with E-state index in [1.165, 1.54) is 20.8 Å². The predicted octanol–water partition coefficient (Wildman–Crippen LogP) is 2.46. The van der Waals surface area contributed by atoms with E-state index in [2.05, 4.69) is 4.98 Å². The summed E-state index contributed by atoms with van der Waals surface area (Å²) in [5.74, 6) is -1.56. The number of carbonyl (C=O) groups is 1. The first-order valence-corrected chi connectivity index (χ1v) is 8.00. The topological polar surface area (TPSA) is 73.3 Å². The van der Waals surface area contributed by atoms with Crippen molar-refractivity contribution in [2.45, 2.75) is 37.2 Å². The molecule has 1 aromatic heterocycles. The number of esters is 1. The molecule has 1 heterocycles. The Morgan fingerprint density at radius 1 is 1.32 bits per heavy atom. The van der Waals surface area contributed by atoms with Gasteiger partial charge < -0.3 is 4.74 Å². The van der Waals surface area contributed by atoms with Crippen molar-refractivity contribution in [1.29, 1.82) is 0 Å². The summed E-state index contributed by atoms with van der Waals surface area (Å²) in [4.78, 5) is 15.2. The second kappa shape index (κ2) is 6.64. The molecule has 1 atom stereocenters. The van der Waals surface area contributed by atoms with Crippen LogP contribution in [0.15, 0.2) is 23.4 Å². The lowest BCUT2D eigenvalue weighted by Crippen LogP contribution is -2.37. The highest BCUT2D eigenvalue weighted by molar-refractivity contribution is 7.92. The van der Waals surface area contributed by atoms with Gasteiger partial charge in [-0.2, -0.15) is 13.2 Å². The summed E-state index contributed by atoms with van der Waals surface area (Å²) in [6, 6.07) is 1.36. The normalized spacial score (nSPS) is 14.0. The van der Waals surface area contributed by atoms with Crippen molar-refractivity contribution in [3.05, 3.63) is 23.9 Å². The van der Waals surface area contributed by atoms with Gasteiger partial charge >= 0.3 is 12.1 Å². The minimum Gasteiger partial charge on any atom is -0.465 e. The van der Waals surface area contributed by atoms with Gasteiger partial charge in [0, 0.05) is 6.20 Å². The molecule has 0 bridgehead atoms. The van der Waals surface area contributed by atoms with Crippen LogP contribution in [0.3, 0.4) is 0 Å². The van der Waals surface area contributed by atoms with Crippen molar-refractivity contribution in [3.63, 3.8) is 0 Å². The molecule has 5 nitrogen and oxygen atoms in total. The van der Waals surface area contributed by atoms with E-state index in [1.807, 2.05) is 0 Å². The number of rotatable bonds is 5. The van der Waals surface area contributed by atoms with Gasteiger partial charge in [-0.1, -0.05) is 13.8 Å². The first-order valence-electron chi connectivity index (χ1n) is 6.45. The van der Waals surface area contributed by atoms with Crippen LogP contribution in [-0.4, -0.2) is 31.2 Å². The maximum Gasteiger partial charge on any atom is 0.417 e. The van der Waals surface area contributed by atoms with Crippen molar-refractivity contribution < 1.29 is 31.1 Å². The molecule has 0 fully saturated rings. The van der Waals surface area contributed by atoms with Gasteiger partial charge in [0.2, 0.25) is 9.84 Å². The van der Waals surface area contributed by atoms with Gasteiger partial charge in [0.1, 0.15) is 0 Å². The largest absolute Gasteiger partial charge is 0.465 e. The highest BCUT2D eigenvalue weighted by Gasteiger charge is 2.39. The van der Waals surface area contributed by atoms with Crippen LogP contribution >= 0.6 is 0 Å². The summed E-state index contributed by atoms with van der Waals surface area (Å²) in [5.41, 5.74) is -1.07. The lowest BCUT2D eigenvalue weighted by molar-refractivity contribution is -0.143. The molecular formula is C13H16F3NO4S. The summed E-state index contributed by atoms with van der Waals surface area (Å²) < 4.78 is 66.9. The molecule has 0 spiro atoms. The number of pyridine rings is 1. The fourth-order valence-electron chi connectivity index (χ4n) is 1.83. The monoisotopic (exact) mass is 339 g/mol. The quantitative estimate of drug-likeness (QED) is 0.771. The van der Waals surface area contributed by atoms with E-state index in [0.29, 0.717) is 12.3 Å². The SMILES string of the molecule is CCOC(=O)C(C(C)C)S(=O)(=O)c1ccc(C(F)(F)F)cn1. The molecule has 0 amide bonds. The third kappa shape index (κ3) is 3.96. The molecule has 0 aliphatic carbocycles. The highest BCUT2D eigenvalue weighted by Crippen LogP contribution is 2.29. The maximum absolute atomic E-state index is 12.5. The van der Waals surface area contributed by atoms with E-state index in [9.17, 15) is 26.4 Å². The van der Waals surface area contributed by atoms with Crippen LogP contribution in [0.5, 0.6) is 0 Å². The third-order valence-electron chi connectivity index (χ3n) is 2.81. The fourth-order valence-corrected chi connectivity index (χ4v) is 3.58. The number of hydrogen-bond donors (Lipinski definition) is 0. The maximum atomic E-state index is 12.5. The zero-order valence-electron chi connectivity index (χ0n) is 12.2. The summed E-state index contributed by atoms with van der Waals surface area (Å²) in [6.07, 6.45) is -4.19. The smallest absolute Gasteiger partial charge is 0.417 e. The van der Waals surface area contributed by atoms with Crippen LogP contribution in [0.1, 0.15) is 26.3 Å². The van der Waals surface area contributed by atoms with Crippen LogP contribution in [-0.2, 0) is 25.5 Å². The highest BCUT2D eigenvalue weighted by atomic mass is 32.2. The first-order chi connectivity index (χ1) is 10.0. The van der Waals surface area contributed by atoms with Crippen LogP contribution in [0.4, 0.5) is 13.2 Å². The summed E-state index contributed by atoms with van der Waals surface area (Å²) >= 11 is 0. The van der Waals surface area contributed by atoms with E-state index in [4.69, 9.17) is 4.74 Å². The van der Waals surface area contributed by atoms with Crippen LogP contribution in [0, 0.1) is 5.92 Å². The third-order valence-corrected chi connectivity index (χ3v) is 5.04. The molecule has 0 saturated heterocycles. The van der Waals surface area contributed by atoms with E-state index in [-0.39, 0.29) is 6.61 Å². The van der Waals surface area contributed by atoms with Crippen molar-refractivity contribution in [1.82, 2.24) is 4.98 Å². The fraction of sp³-hybridized carbons (Fsp3) is 0.538. The number of sulfone groups is 1. The van der Waals surface area contributed by atoms with Crippen molar-refractivity contribution in [2.24, 2.45) is 5.92 Å². The Balaban J connectivity index is 3.23. The lowest BCUT2D eigenvalue weighted by atomic mass is 10.1. The number of carbonyl (C=O) groups excluding carboxylic acids is 1. The Hall–Kier alpha value is -1.64. The zero-order chi connectivity index (χ0) is 17.1. The molecule has 1 rings (SSSR count). The van der Waals surface area contributed by atoms with E-state index < -0.39 is 43.7 Å². The molecule has 0 aliphatic rings. The van der Waals surface area contributed by atoms with E-state index in [1.54, 1.807) is 0 Å². The Kier molecular flexibility index (Phi) is 5.55. The molecule has 1 unspecified atom stereocenters. The van der Waals surface area contributed by atoms with E-state index >= 15 is 0 Å². The van der Waals surface area contributed by atoms with Crippen molar-refractivity contribution in [2.75, 3.05) is 6.61 Å². The van der Waals surface area contributed by atoms with Crippen LogP contribution in [0.2, 0.25) is 0 Å². The van der Waals surface area contributed by atoms with Gasteiger partial charge in [0.05, 0.1) is 12.2 Å². The molecule has 22 heavy (non-hydrogen) atoms. The molecule has 0 aliphatic heterocycles. The van der Waals surface area contributed by atoms with Gasteiger partial charge in [0.15, 0.2) is 10.3 Å². The molecule has 9 heteroatoms. The number of ether oxygens (including phenoxy) is 1. The summed E-state index contributed by atoms with van der Waals surface area (Å²) in [5, 5.41) is -2.11.